The number of rotatable bonds is 10. The Bertz CT molecular complexity index is 830. The van der Waals surface area contributed by atoms with Gasteiger partial charge in [-0.3, -0.25) is 0 Å². The van der Waals surface area contributed by atoms with Crippen molar-refractivity contribution in [2.24, 2.45) is 11.8 Å². The van der Waals surface area contributed by atoms with Gasteiger partial charge in [0.05, 0.1) is 0 Å². The average Bonchev–Trinajstić information content (AvgIpc) is 2.78. The average molecular weight is 426 g/mol. The lowest BCUT2D eigenvalue weighted by atomic mass is 9.77. The normalized spacial score (nSPS) is 19.5. The second kappa shape index (κ2) is 11.8. The molecule has 2 nitrogen and oxygen atoms in total. The van der Waals surface area contributed by atoms with Crippen LogP contribution >= 0.6 is 0 Å². The number of hydrogen-bond donors (Lipinski definition) is 0. The Morgan fingerprint density at radius 1 is 0.968 bits per heavy atom. The zero-order valence-electron chi connectivity index (χ0n) is 18.5. The molecule has 31 heavy (non-hydrogen) atoms. The highest BCUT2D eigenvalue weighted by molar-refractivity contribution is 5.38. The van der Waals surface area contributed by atoms with Crippen molar-refractivity contribution in [1.82, 2.24) is 0 Å². The van der Waals surface area contributed by atoms with E-state index in [0.29, 0.717) is 5.92 Å². The molecule has 0 spiro atoms. The molecule has 2 aromatic carbocycles. The molecule has 1 unspecified atom stereocenters. The molecule has 1 atom stereocenters. The molecule has 2 aromatic rings. The smallest absolute Gasteiger partial charge is 0.147 e. The zero-order valence-corrected chi connectivity index (χ0v) is 18.5. The van der Waals surface area contributed by atoms with E-state index in [1.54, 1.807) is 6.07 Å². The van der Waals surface area contributed by atoms with Gasteiger partial charge in [-0.1, -0.05) is 88.6 Å². The van der Waals surface area contributed by atoms with E-state index < -0.39 is 17.2 Å². The van der Waals surface area contributed by atoms with Gasteiger partial charge in [0.1, 0.15) is 35.1 Å². The van der Waals surface area contributed by atoms with E-state index in [1.807, 2.05) is 30.3 Å². The van der Waals surface area contributed by atoms with Gasteiger partial charge < -0.3 is 4.74 Å². The van der Waals surface area contributed by atoms with Crippen LogP contribution in [0.15, 0.2) is 42.5 Å². The minimum Gasteiger partial charge on any atom is -0.486 e. The first-order valence-electron chi connectivity index (χ1n) is 11.7. The predicted octanol–water partition coefficient (Wildman–Crippen LogP) is 8.12. The Hall–Kier alpha value is -2.41. The Labute approximate surface area is 185 Å². The number of benzene rings is 2. The van der Waals surface area contributed by atoms with Crippen LogP contribution in [0.3, 0.4) is 0 Å². The van der Waals surface area contributed by atoms with Gasteiger partial charge in [-0.25, -0.2) is 8.78 Å². The van der Waals surface area contributed by atoms with Crippen LogP contribution < -0.4 is 4.74 Å². The minimum atomic E-state index is -0.884. The molecule has 1 aliphatic carbocycles. The minimum absolute atomic E-state index is 0.127. The molecule has 0 N–H and O–H groups in total. The molecule has 1 saturated carbocycles. The molecule has 0 aromatic heterocycles. The van der Waals surface area contributed by atoms with Crippen molar-refractivity contribution in [2.45, 2.75) is 77.2 Å². The molecule has 166 valence electrons. The number of nitriles is 1. The van der Waals surface area contributed by atoms with Gasteiger partial charge in [0.25, 0.3) is 0 Å². The van der Waals surface area contributed by atoms with Crippen LogP contribution in [0.1, 0.15) is 88.4 Å². The van der Waals surface area contributed by atoms with E-state index in [1.165, 1.54) is 51.4 Å². The summed E-state index contributed by atoms with van der Waals surface area (Å²) in [5.41, 5.74) is 0.431. The number of unbranched alkanes of at least 4 members (excludes halogenated alkanes) is 2. The third-order valence-electron chi connectivity index (χ3n) is 6.60. The van der Waals surface area contributed by atoms with Crippen LogP contribution in [0.5, 0.6) is 5.75 Å². The van der Waals surface area contributed by atoms with Gasteiger partial charge in [-0.05, 0) is 30.2 Å². The highest BCUT2D eigenvalue weighted by atomic mass is 19.1. The summed E-state index contributed by atoms with van der Waals surface area (Å²) in [5.74, 6) is -0.0702. The summed E-state index contributed by atoms with van der Waals surface area (Å²) < 4.78 is 34.1. The van der Waals surface area contributed by atoms with Gasteiger partial charge in [-0.2, -0.15) is 5.26 Å². The molecule has 1 aliphatic rings. The van der Waals surface area contributed by atoms with Crippen molar-refractivity contribution in [2.75, 3.05) is 0 Å². The predicted molar refractivity (Wildman–Crippen MR) is 120 cm³/mol. The van der Waals surface area contributed by atoms with Gasteiger partial charge in [0, 0.05) is 12.1 Å². The van der Waals surface area contributed by atoms with E-state index in [4.69, 9.17) is 10.00 Å². The summed E-state index contributed by atoms with van der Waals surface area (Å²) in [6.07, 6.45) is 12.1. The molecule has 0 saturated heterocycles. The Morgan fingerprint density at radius 2 is 1.58 bits per heavy atom. The van der Waals surface area contributed by atoms with Crippen molar-refractivity contribution in [3.63, 3.8) is 0 Å². The maximum absolute atomic E-state index is 14.0. The van der Waals surface area contributed by atoms with Crippen LogP contribution in [-0.2, 0) is 0 Å². The highest BCUT2D eigenvalue weighted by Gasteiger charge is 2.23. The lowest BCUT2D eigenvalue weighted by Gasteiger charge is -2.30. The Kier molecular flexibility index (Phi) is 8.88. The third kappa shape index (κ3) is 6.79. The molecule has 0 bridgehead atoms. The molecule has 0 amide bonds. The number of ether oxygens (including phenoxy) is 1. The molecule has 0 heterocycles. The largest absolute Gasteiger partial charge is 0.486 e. The topological polar surface area (TPSA) is 33.0 Å². The van der Waals surface area contributed by atoms with E-state index in [2.05, 4.69) is 6.92 Å². The van der Waals surface area contributed by atoms with E-state index in [0.717, 1.165) is 36.5 Å². The van der Waals surface area contributed by atoms with Gasteiger partial charge in [0.2, 0.25) is 0 Å². The maximum atomic E-state index is 14.0. The lowest BCUT2D eigenvalue weighted by molar-refractivity contribution is 0.166. The van der Waals surface area contributed by atoms with Gasteiger partial charge in [-0.15, -0.1) is 0 Å². The first-order valence-corrected chi connectivity index (χ1v) is 11.7. The molecular weight excluding hydrogens is 392 g/mol. The first kappa shape index (κ1) is 23.3. The Balaban J connectivity index is 1.60. The fraction of sp³-hybridized carbons (Fsp3) is 0.519. The Morgan fingerprint density at radius 3 is 2.16 bits per heavy atom. The number of halogens is 2. The van der Waals surface area contributed by atoms with Crippen molar-refractivity contribution >= 4 is 0 Å². The van der Waals surface area contributed by atoms with Crippen molar-refractivity contribution in [3.05, 3.63) is 65.2 Å². The fourth-order valence-corrected chi connectivity index (χ4v) is 4.73. The summed E-state index contributed by atoms with van der Waals surface area (Å²) in [4.78, 5) is 0. The summed E-state index contributed by atoms with van der Waals surface area (Å²) in [6, 6.07) is 13.6. The van der Waals surface area contributed by atoms with Gasteiger partial charge in [0.15, 0.2) is 0 Å². The maximum Gasteiger partial charge on any atom is 0.147 e. The summed E-state index contributed by atoms with van der Waals surface area (Å²) in [6.45, 7) is 2.25. The van der Waals surface area contributed by atoms with Crippen LogP contribution in [0.4, 0.5) is 8.78 Å². The van der Waals surface area contributed by atoms with Crippen molar-refractivity contribution in [1.29, 1.82) is 5.26 Å². The van der Waals surface area contributed by atoms with Crippen LogP contribution in [0, 0.1) is 34.8 Å². The monoisotopic (exact) mass is 425 g/mol. The molecule has 4 heteroatoms. The van der Waals surface area contributed by atoms with Crippen molar-refractivity contribution in [3.8, 4) is 11.8 Å². The van der Waals surface area contributed by atoms with Crippen LogP contribution in [0.2, 0.25) is 0 Å². The molecule has 1 fully saturated rings. The van der Waals surface area contributed by atoms with Crippen LogP contribution in [-0.4, -0.2) is 0 Å². The van der Waals surface area contributed by atoms with Crippen molar-refractivity contribution < 1.29 is 13.5 Å². The lowest BCUT2D eigenvalue weighted by Crippen LogP contribution is -2.17. The molecule has 0 radical (unpaired) electrons. The van der Waals surface area contributed by atoms with Crippen LogP contribution in [0.25, 0.3) is 0 Å². The van der Waals surface area contributed by atoms with Gasteiger partial charge >= 0.3 is 0 Å². The summed E-state index contributed by atoms with van der Waals surface area (Å²) >= 11 is 0. The third-order valence-corrected chi connectivity index (χ3v) is 6.60. The summed E-state index contributed by atoms with van der Waals surface area (Å²) in [5, 5.41) is 8.89. The van der Waals surface area contributed by atoms with E-state index in [9.17, 15) is 8.78 Å². The van der Waals surface area contributed by atoms with E-state index >= 15 is 0 Å². The second-order valence-corrected chi connectivity index (χ2v) is 8.85. The molecule has 0 aliphatic heterocycles. The molecular formula is C27H33F2NO. The standard InChI is InChI=1S/C27H33F2NO/c1-2-3-5-8-20-11-13-21(14-12-20)15-16-27(22-9-6-4-7-10-22)31-23-17-25(28)24(19-30)26(29)18-23/h4,6-7,9-10,17-18,20-21,27H,2-3,5,8,11-16H2,1H3/t20-,21-,27?. The second-order valence-electron chi connectivity index (χ2n) is 8.85. The fourth-order valence-electron chi connectivity index (χ4n) is 4.73. The molecule has 3 rings (SSSR count). The summed E-state index contributed by atoms with van der Waals surface area (Å²) in [7, 11) is 0. The zero-order chi connectivity index (χ0) is 22.1. The first-order chi connectivity index (χ1) is 15.1. The number of nitrogens with zero attached hydrogens (tertiary/aromatic N) is 1. The quantitative estimate of drug-likeness (QED) is 0.360. The number of hydrogen-bond acceptors (Lipinski definition) is 2. The van der Waals surface area contributed by atoms with E-state index in [-0.39, 0.29) is 11.9 Å². The SMILES string of the molecule is CCCCC[C@H]1CC[C@H](CCC(Oc2cc(F)c(C#N)c(F)c2)c2ccccc2)CC1. The highest BCUT2D eigenvalue weighted by Crippen LogP contribution is 2.37.